The number of hydrogen-bond acceptors (Lipinski definition) is 3. The van der Waals surface area contributed by atoms with Crippen molar-refractivity contribution >= 4 is 17.2 Å². The third kappa shape index (κ3) is 3.15. The Bertz CT molecular complexity index is 220. The van der Waals surface area contributed by atoms with E-state index in [2.05, 4.69) is 0 Å². The molecule has 0 bridgehead atoms. The van der Waals surface area contributed by atoms with E-state index in [1.165, 1.54) is 0 Å². The normalized spacial score (nSPS) is 9.82. The number of rotatable bonds is 4. The van der Waals surface area contributed by atoms with E-state index >= 15 is 0 Å². The first kappa shape index (κ1) is 8.23. The van der Waals surface area contributed by atoms with Crippen LogP contribution in [0.25, 0.3) is 0 Å². The van der Waals surface area contributed by atoms with Crippen molar-refractivity contribution in [3.05, 3.63) is 22.4 Å². The summed E-state index contributed by atoms with van der Waals surface area (Å²) in [6.45, 7) is 0.471. The van der Waals surface area contributed by atoms with E-state index in [0.717, 1.165) is 4.88 Å². The molecule has 11 heavy (non-hydrogen) atoms. The van der Waals surface area contributed by atoms with Crippen molar-refractivity contribution < 1.29 is 9.53 Å². The molecule has 1 amide bonds. The predicted molar refractivity (Wildman–Crippen MR) is 43.2 cm³/mol. The lowest BCUT2D eigenvalue weighted by Gasteiger charge is -1.96. The maximum absolute atomic E-state index is 10.2. The van der Waals surface area contributed by atoms with E-state index < -0.39 is 5.91 Å². The topological polar surface area (TPSA) is 52.3 Å². The number of carbonyl (C=O) groups excluding carboxylic acids is 1. The Labute approximate surface area is 68.8 Å². The summed E-state index contributed by atoms with van der Waals surface area (Å²) in [7, 11) is 0. The summed E-state index contributed by atoms with van der Waals surface area (Å²) in [5.74, 6) is -0.429. The molecule has 3 nitrogen and oxygen atoms in total. The quantitative estimate of drug-likeness (QED) is 0.726. The molecule has 1 aromatic rings. The summed E-state index contributed by atoms with van der Waals surface area (Å²) in [6, 6.07) is 3.89. The molecule has 0 saturated heterocycles. The van der Waals surface area contributed by atoms with Crippen LogP contribution in [-0.4, -0.2) is 12.5 Å². The molecule has 1 heterocycles. The van der Waals surface area contributed by atoms with Crippen LogP contribution in [0.3, 0.4) is 0 Å². The maximum atomic E-state index is 10.2. The number of carbonyl (C=O) groups is 1. The molecule has 0 aromatic carbocycles. The van der Waals surface area contributed by atoms with Gasteiger partial charge < -0.3 is 10.5 Å². The Morgan fingerprint density at radius 2 is 2.55 bits per heavy atom. The third-order valence-corrected chi connectivity index (χ3v) is 1.92. The highest BCUT2D eigenvalue weighted by molar-refractivity contribution is 7.09. The van der Waals surface area contributed by atoms with Crippen molar-refractivity contribution in [3.63, 3.8) is 0 Å². The van der Waals surface area contributed by atoms with Crippen molar-refractivity contribution in [2.45, 2.75) is 6.61 Å². The first-order valence-electron chi connectivity index (χ1n) is 3.17. The van der Waals surface area contributed by atoms with Crippen molar-refractivity contribution in [3.8, 4) is 0 Å². The van der Waals surface area contributed by atoms with Crippen LogP contribution in [0.4, 0.5) is 0 Å². The molecule has 0 aliphatic heterocycles. The minimum absolute atomic E-state index is 0.00208. The average Bonchev–Trinajstić information content (AvgIpc) is 2.39. The van der Waals surface area contributed by atoms with Gasteiger partial charge in [0.1, 0.15) is 6.61 Å². The van der Waals surface area contributed by atoms with Crippen LogP contribution in [0.1, 0.15) is 4.88 Å². The van der Waals surface area contributed by atoms with Gasteiger partial charge in [0.2, 0.25) is 5.91 Å². The van der Waals surface area contributed by atoms with Gasteiger partial charge in [-0.1, -0.05) is 6.07 Å². The Morgan fingerprint density at radius 3 is 3.09 bits per heavy atom. The maximum Gasteiger partial charge on any atom is 0.243 e. The first-order chi connectivity index (χ1) is 5.29. The molecule has 1 rings (SSSR count). The van der Waals surface area contributed by atoms with Crippen molar-refractivity contribution in [2.24, 2.45) is 5.73 Å². The lowest BCUT2D eigenvalue weighted by molar-refractivity contribution is -0.122. The fraction of sp³-hybridized carbons (Fsp3) is 0.286. The van der Waals surface area contributed by atoms with Crippen LogP contribution in [0.2, 0.25) is 0 Å². The van der Waals surface area contributed by atoms with Crippen molar-refractivity contribution in [1.29, 1.82) is 0 Å². The molecule has 0 unspecified atom stereocenters. The Balaban J connectivity index is 2.19. The van der Waals surface area contributed by atoms with Gasteiger partial charge in [0.15, 0.2) is 0 Å². The highest BCUT2D eigenvalue weighted by atomic mass is 32.1. The smallest absolute Gasteiger partial charge is 0.243 e. The molecule has 0 atom stereocenters. The van der Waals surface area contributed by atoms with Gasteiger partial charge in [-0.2, -0.15) is 0 Å². The molecule has 4 heteroatoms. The van der Waals surface area contributed by atoms with Crippen molar-refractivity contribution in [1.82, 2.24) is 0 Å². The second-order valence-electron chi connectivity index (χ2n) is 2.04. The summed E-state index contributed by atoms with van der Waals surface area (Å²) in [5, 5.41) is 1.96. The molecule has 2 N–H and O–H groups in total. The molecular formula is C7H9NO2S. The lowest BCUT2D eigenvalue weighted by Crippen LogP contribution is -2.17. The zero-order valence-electron chi connectivity index (χ0n) is 5.95. The van der Waals surface area contributed by atoms with Crippen LogP contribution >= 0.6 is 11.3 Å². The second-order valence-corrected chi connectivity index (χ2v) is 3.07. The predicted octanol–water partition coefficient (Wildman–Crippen LogP) is 0.750. The number of primary amides is 1. The summed E-state index contributed by atoms with van der Waals surface area (Å²) in [5.41, 5.74) is 4.87. The number of thiophene rings is 1. The molecule has 0 spiro atoms. The van der Waals surface area contributed by atoms with Gasteiger partial charge in [-0.3, -0.25) is 4.79 Å². The SMILES string of the molecule is NC(=O)COCc1cccs1. The lowest BCUT2D eigenvalue weighted by atomic mass is 10.5. The van der Waals surface area contributed by atoms with E-state index in [1.807, 2.05) is 17.5 Å². The van der Waals surface area contributed by atoms with Crippen LogP contribution in [-0.2, 0) is 16.1 Å². The summed E-state index contributed by atoms with van der Waals surface area (Å²) in [6.07, 6.45) is 0. The van der Waals surface area contributed by atoms with Gasteiger partial charge in [0.25, 0.3) is 0 Å². The number of hydrogen-bond donors (Lipinski definition) is 1. The average molecular weight is 171 g/mol. The fourth-order valence-electron chi connectivity index (χ4n) is 0.647. The van der Waals surface area contributed by atoms with Crippen molar-refractivity contribution in [2.75, 3.05) is 6.61 Å². The monoisotopic (exact) mass is 171 g/mol. The third-order valence-electron chi connectivity index (χ3n) is 1.07. The number of amides is 1. The summed E-state index contributed by atoms with van der Waals surface area (Å²) >= 11 is 1.60. The van der Waals surface area contributed by atoms with Crippen LogP contribution in [0.5, 0.6) is 0 Å². The minimum atomic E-state index is -0.429. The van der Waals surface area contributed by atoms with Gasteiger partial charge in [0.05, 0.1) is 6.61 Å². The van der Waals surface area contributed by atoms with Gasteiger partial charge in [-0.25, -0.2) is 0 Å². The van der Waals surface area contributed by atoms with E-state index in [1.54, 1.807) is 11.3 Å². The largest absolute Gasteiger partial charge is 0.368 e. The fourth-order valence-corrected chi connectivity index (χ4v) is 1.29. The standard InChI is InChI=1S/C7H9NO2S/c8-7(9)5-10-4-6-2-1-3-11-6/h1-3H,4-5H2,(H2,8,9). The molecule has 0 radical (unpaired) electrons. The molecule has 0 aliphatic rings. The zero-order chi connectivity index (χ0) is 8.10. The molecular weight excluding hydrogens is 162 g/mol. The highest BCUT2D eigenvalue weighted by Crippen LogP contribution is 2.08. The van der Waals surface area contributed by atoms with Crippen LogP contribution in [0.15, 0.2) is 17.5 Å². The van der Waals surface area contributed by atoms with Gasteiger partial charge >= 0.3 is 0 Å². The molecule has 60 valence electrons. The minimum Gasteiger partial charge on any atom is -0.368 e. The van der Waals surface area contributed by atoms with Crippen LogP contribution in [0, 0.1) is 0 Å². The van der Waals surface area contributed by atoms with E-state index in [9.17, 15) is 4.79 Å². The van der Waals surface area contributed by atoms with Crippen LogP contribution < -0.4 is 5.73 Å². The molecule has 0 fully saturated rings. The van der Waals surface area contributed by atoms with E-state index in [0.29, 0.717) is 6.61 Å². The Hall–Kier alpha value is -0.870. The second kappa shape index (κ2) is 4.10. The zero-order valence-corrected chi connectivity index (χ0v) is 6.76. The van der Waals surface area contributed by atoms with Gasteiger partial charge in [-0.05, 0) is 11.4 Å². The first-order valence-corrected chi connectivity index (χ1v) is 4.05. The van der Waals surface area contributed by atoms with Gasteiger partial charge in [0, 0.05) is 4.88 Å². The molecule has 1 aromatic heterocycles. The number of ether oxygens (including phenoxy) is 1. The number of nitrogens with two attached hydrogens (primary N) is 1. The van der Waals surface area contributed by atoms with E-state index in [-0.39, 0.29) is 6.61 Å². The summed E-state index contributed by atoms with van der Waals surface area (Å²) in [4.78, 5) is 11.3. The Morgan fingerprint density at radius 1 is 1.73 bits per heavy atom. The van der Waals surface area contributed by atoms with Gasteiger partial charge in [-0.15, -0.1) is 11.3 Å². The molecule has 0 aliphatic carbocycles. The Kier molecular flexibility index (Phi) is 3.07. The summed E-state index contributed by atoms with van der Waals surface area (Å²) < 4.78 is 4.98. The molecule has 0 saturated carbocycles. The highest BCUT2D eigenvalue weighted by Gasteiger charge is 1.95. The van der Waals surface area contributed by atoms with E-state index in [4.69, 9.17) is 10.5 Å².